The molecule has 1 aromatic heterocycles. The van der Waals surface area contributed by atoms with E-state index in [0.717, 1.165) is 0 Å². The Labute approximate surface area is 213 Å². The Hall–Kier alpha value is -5.05. The normalized spacial score (nSPS) is 14.1. The maximum absolute atomic E-state index is 12.7. The summed E-state index contributed by atoms with van der Waals surface area (Å²) in [7, 11) is 3.65. The average molecular weight is 502 g/mol. The van der Waals surface area contributed by atoms with Crippen LogP contribution in [-0.4, -0.2) is 42.0 Å². The number of amides is 1. The summed E-state index contributed by atoms with van der Waals surface area (Å²) in [5.41, 5.74) is 12.9. The molecule has 0 spiro atoms. The van der Waals surface area contributed by atoms with Crippen molar-refractivity contribution >= 4 is 34.7 Å². The minimum Gasteiger partial charge on any atom is -0.437 e. The predicted molar refractivity (Wildman–Crippen MR) is 140 cm³/mol. The smallest absolute Gasteiger partial charge is 0.327 e. The maximum atomic E-state index is 12.7. The van der Waals surface area contributed by atoms with Gasteiger partial charge in [0.2, 0.25) is 5.91 Å². The number of anilines is 3. The summed E-state index contributed by atoms with van der Waals surface area (Å²) >= 11 is 0. The number of nitrogens with zero attached hydrogens (tertiary/aromatic N) is 5. The lowest BCUT2D eigenvalue weighted by molar-refractivity contribution is -0.117. The van der Waals surface area contributed by atoms with Crippen LogP contribution in [0.5, 0.6) is 23.4 Å². The monoisotopic (exact) mass is 501 g/mol. The third-order valence-electron chi connectivity index (χ3n) is 5.42. The van der Waals surface area contributed by atoms with Gasteiger partial charge in [-0.15, -0.1) is 0 Å². The zero-order chi connectivity index (χ0) is 26.7. The van der Waals surface area contributed by atoms with Crippen molar-refractivity contribution in [3.8, 4) is 29.5 Å². The Morgan fingerprint density at radius 3 is 2.57 bits per heavy atom. The molecule has 0 aliphatic carbocycles. The van der Waals surface area contributed by atoms with Crippen LogP contribution in [0, 0.1) is 17.2 Å². The van der Waals surface area contributed by atoms with Gasteiger partial charge in [0.15, 0.2) is 11.8 Å². The second-order valence-corrected chi connectivity index (χ2v) is 8.81. The summed E-state index contributed by atoms with van der Waals surface area (Å²) in [5.74, 6) is 0.888. The first-order chi connectivity index (χ1) is 17.6. The molecule has 2 aromatic carbocycles. The van der Waals surface area contributed by atoms with Crippen LogP contribution >= 0.6 is 0 Å². The first-order valence-corrected chi connectivity index (χ1v) is 11.4. The van der Waals surface area contributed by atoms with Gasteiger partial charge in [0, 0.05) is 26.2 Å². The van der Waals surface area contributed by atoms with Crippen molar-refractivity contribution in [3.63, 3.8) is 0 Å². The summed E-state index contributed by atoms with van der Waals surface area (Å²) in [6.07, 6.45) is 0. The summed E-state index contributed by atoms with van der Waals surface area (Å²) in [4.78, 5) is 27.4. The standard InChI is InChI=1S/C25H27N9O3/c1-13(2)19-22(35)31-20-21(30-19)32-25(37-16-7-5-6-15(10-16)29-24(27)28)33-23(20)36-17-9-8-14(12-26)18(11-17)34(3)4/h5-11,13,19H,1-4H3,(H,31,35)(H4,27,28,29)(H,30,32,33). The molecule has 190 valence electrons. The van der Waals surface area contributed by atoms with E-state index in [1.165, 1.54) is 0 Å². The Balaban J connectivity index is 1.75. The van der Waals surface area contributed by atoms with Crippen LogP contribution in [0.25, 0.3) is 0 Å². The van der Waals surface area contributed by atoms with Gasteiger partial charge in [-0.05, 0) is 30.2 Å². The SMILES string of the molecule is CC(C)C1Nc2nc(Oc3cccc(N=C(N)N)c3)nc(Oc3ccc(C#N)c(N(C)C)c3)c2NC1=O. The highest BCUT2D eigenvalue weighted by atomic mass is 16.5. The van der Waals surface area contributed by atoms with E-state index in [1.54, 1.807) is 47.4 Å². The summed E-state index contributed by atoms with van der Waals surface area (Å²) in [5, 5.41) is 15.4. The molecule has 12 heteroatoms. The van der Waals surface area contributed by atoms with Crippen molar-refractivity contribution in [2.45, 2.75) is 19.9 Å². The number of ether oxygens (including phenoxy) is 2. The van der Waals surface area contributed by atoms with E-state index in [-0.39, 0.29) is 35.4 Å². The fraction of sp³-hybridized carbons (Fsp3) is 0.240. The van der Waals surface area contributed by atoms with Crippen LogP contribution in [0.3, 0.4) is 0 Å². The minimum atomic E-state index is -0.511. The first kappa shape index (κ1) is 25.1. The molecule has 1 atom stereocenters. The zero-order valence-corrected chi connectivity index (χ0v) is 20.8. The van der Waals surface area contributed by atoms with E-state index in [1.807, 2.05) is 27.9 Å². The number of fused-ring (bicyclic) bond motifs is 1. The van der Waals surface area contributed by atoms with Crippen molar-refractivity contribution < 1.29 is 14.3 Å². The number of carbonyl (C=O) groups excluding carboxylic acids is 1. The highest BCUT2D eigenvalue weighted by Crippen LogP contribution is 2.39. The fourth-order valence-corrected chi connectivity index (χ4v) is 3.66. The number of hydrogen-bond acceptors (Lipinski definition) is 9. The molecule has 0 saturated carbocycles. The van der Waals surface area contributed by atoms with Crippen molar-refractivity contribution in [2.75, 3.05) is 29.6 Å². The van der Waals surface area contributed by atoms with E-state index < -0.39 is 6.04 Å². The van der Waals surface area contributed by atoms with Crippen molar-refractivity contribution in [1.82, 2.24) is 9.97 Å². The molecule has 3 aromatic rings. The van der Waals surface area contributed by atoms with Crippen LogP contribution in [0.1, 0.15) is 19.4 Å². The average Bonchev–Trinajstić information content (AvgIpc) is 2.83. The van der Waals surface area contributed by atoms with Gasteiger partial charge in [-0.25, -0.2) is 4.99 Å². The van der Waals surface area contributed by atoms with E-state index in [9.17, 15) is 10.1 Å². The third kappa shape index (κ3) is 5.62. The molecule has 1 unspecified atom stereocenters. The molecule has 12 nitrogen and oxygen atoms in total. The molecule has 1 aliphatic heterocycles. The molecule has 6 N–H and O–H groups in total. The molecule has 2 heterocycles. The van der Waals surface area contributed by atoms with Crippen molar-refractivity contribution in [3.05, 3.63) is 48.0 Å². The number of aliphatic imine (C=N–C) groups is 1. The number of nitrogens with one attached hydrogen (secondary N) is 2. The number of nitrogens with two attached hydrogens (primary N) is 2. The maximum Gasteiger partial charge on any atom is 0.327 e. The highest BCUT2D eigenvalue weighted by Gasteiger charge is 2.32. The Kier molecular flexibility index (Phi) is 6.97. The van der Waals surface area contributed by atoms with Gasteiger partial charge < -0.3 is 36.5 Å². The number of nitriles is 1. The summed E-state index contributed by atoms with van der Waals surface area (Å²) < 4.78 is 12.0. The predicted octanol–water partition coefficient (Wildman–Crippen LogP) is 3.29. The van der Waals surface area contributed by atoms with Gasteiger partial charge in [0.1, 0.15) is 29.3 Å². The van der Waals surface area contributed by atoms with Gasteiger partial charge >= 0.3 is 6.01 Å². The fourth-order valence-electron chi connectivity index (χ4n) is 3.66. The minimum absolute atomic E-state index is 0.00529. The van der Waals surface area contributed by atoms with Crippen molar-refractivity contribution in [2.24, 2.45) is 22.4 Å². The molecule has 0 radical (unpaired) electrons. The molecule has 0 fully saturated rings. The third-order valence-corrected chi connectivity index (χ3v) is 5.42. The van der Waals surface area contributed by atoms with Gasteiger partial charge in [-0.3, -0.25) is 4.79 Å². The van der Waals surface area contributed by atoms with Crippen LogP contribution in [0.4, 0.5) is 22.9 Å². The van der Waals surface area contributed by atoms with Crippen LogP contribution in [-0.2, 0) is 4.79 Å². The van der Waals surface area contributed by atoms with Gasteiger partial charge in [-0.2, -0.15) is 15.2 Å². The van der Waals surface area contributed by atoms with Crippen molar-refractivity contribution in [1.29, 1.82) is 5.26 Å². The Bertz CT molecular complexity index is 1410. The Morgan fingerprint density at radius 1 is 1.14 bits per heavy atom. The zero-order valence-electron chi connectivity index (χ0n) is 20.8. The van der Waals surface area contributed by atoms with E-state index in [2.05, 4.69) is 31.7 Å². The van der Waals surface area contributed by atoms with Gasteiger partial charge in [0.25, 0.3) is 5.88 Å². The number of carbonyl (C=O) groups is 1. The van der Waals surface area contributed by atoms with Gasteiger partial charge in [-0.1, -0.05) is 19.9 Å². The number of benzene rings is 2. The largest absolute Gasteiger partial charge is 0.437 e. The number of guanidine groups is 1. The highest BCUT2D eigenvalue weighted by molar-refractivity contribution is 6.03. The Morgan fingerprint density at radius 2 is 1.89 bits per heavy atom. The van der Waals surface area contributed by atoms with E-state index in [4.69, 9.17) is 20.9 Å². The number of rotatable bonds is 7. The molecule has 4 rings (SSSR count). The lowest BCUT2D eigenvalue weighted by atomic mass is 10.0. The topological polar surface area (TPSA) is 177 Å². The lowest BCUT2D eigenvalue weighted by Crippen LogP contribution is -2.43. The number of hydrogen-bond donors (Lipinski definition) is 4. The van der Waals surface area contributed by atoms with Crippen LogP contribution in [0.15, 0.2) is 47.5 Å². The molecule has 37 heavy (non-hydrogen) atoms. The summed E-state index contributed by atoms with van der Waals surface area (Å²) in [6.45, 7) is 3.85. The molecular weight excluding hydrogens is 474 g/mol. The van der Waals surface area contributed by atoms with E-state index in [0.29, 0.717) is 34.3 Å². The second-order valence-electron chi connectivity index (χ2n) is 8.81. The lowest BCUT2D eigenvalue weighted by Gasteiger charge is -2.29. The van der Waals surface area contributed by atoms with Crippen LogP contribution < -0.4 is 36.5 Å². The molecular formula is C25H27N9O3. The quantitative estimate of drug-likeness (QED) is 0.277. The molecule has 0 saturated heterocycles. The number of aromatic nitrogens is 2. The molecule has 1 aliphatic rings. The van der Waals surface area contributed by atoms with Crippen LogP contribution in [0.2, 0.25) is 0 Å². The molecule has 1 amide bonds. The summed E-state index contributed by atoms with van der Waals surface area (Å²) in [6, 6.07) is 13.4. The second kappa shape index (κ2) is 10.3. The molecule has 0 bridgehead atoms. The van der Waals surface area contributed by atoms with Gasteiger partial charge in [0.05, 0.1) is 16.9 Å². The first-order valence-electron chi connectivity index (χ1n) is 11.4. The van der Waals surface area contributed by atoms with E-state index >= 15 is 0 Å².